The quantitative estimate of drug-likeness (QED) is 0.804. The van der Waals surface area contributed by atoms with Gasteiger partial charge in [0.15, 0.2) is 0 Å². The third-order valence-electron chi connectivity index (χ3n) is 3.51. The number of halogens is 1. The van der Waals surface area contributed by atoms with Crippen LogP contribution in [0.3, 0.4) is 0 Å². The summed E-state index contributed by atoms with van der Waals surface area (Å²) in [5, 5.41) is 0.390. The number of rotatable bonds is 7. The Morgan fingerprint density at radius 1 is 1.13 bits per heavy atom. The number of hydrogen-bond donors (Lipinski definition) is 1. The van der Waals surface area contributed by atoms with E-state index in [1.165, 1.54) is 12.1 Å². The lowest BCUT2D eigenvalue weighted by Crippen LogP contribution is -2.18. The molecule has 124 valence electrons. The van der Waals surface area contributed by atoms with Crippen molar-refractivity contribution < 1.29 is 8.42 Å². The number of hydrogen-bond acceptors (Lipinski definition) is 3. The lowest BCUT2D eigenvalue weighted by Gasteiger charge is -2.19. The van der Waals surface area contributed by atoms with E-state index in [1.807, 2.05) is 19.2 Å². The topological polar surface area (TPSA) is 49.4 Å². The molecule has 4 nitrogen and oxygen atoms in total. The minimum Gasteiger partial charge on any atom is -0.375 e. The summed E-state index contributed by atoms with van der Waals surface area (Å²) in [6.45, 7) is 3.13. The molecular weight excluding hydrogens is 332 g/mol. The molecule has 0 radical (unpaired) electrons. The third-order valence-corrected chi connectivity index (χ3v) is 5.13. The Bertz CT molecular complexity index is 745. The van der Waals surface area contributed by atoms with Gasteiger partial charge < -0.3 is 4.90 Å². The highest BCUT2D eigenvalue weighted by Gasteiger charge is 2.14. The second-order valence-corrected chi connectivity index (χ2v) is 7.50. The van der Waals surface area contributed by atoms with Gasteiger partial charge in [-0.15, -0.1) is 0 Å². The van der Waals surface area contributed by atoms with Crippen LogP contribution < -0.4 is 9.62 Å². The minimum atomic E-state index is -3.63. The van der Waals surface area contributed by atoms with E-state index in [4.69, 9.17) is 11.6 Å². The summed E-state index contributed by atoms with van der Waals surface area (Å²) in [5.74, 6) is 0. The fourth-order valence-electron chi connectivity index (χ4n) is 2.16. The molecule has 0 atom stereocenters. The van der Waals surface area contributed by atoms with Crippen molar-refractivity contribution in [3.63, 3.8) is 0 Å². The predicted octanol–water partition coefficient (Wildman–Crippen LogP) is 4.38. The Kier molecular flexibility index (Phi) is 5.91. The van der Waals surface area contributed by atoms with E-state index in [0.717, 1.165) is 25.1 Å². The van der Waals surface area contributed by atoms with E-state index in [0.29, 0.717) is 10.7 Å². The van der Waals surface area contributed by atoms with Crippen LogP contribution in [0.4, 0.5) is 11.4 Å². The van der Waals surface area contributed by atoms with Gasteiger partial charge in [0.25, 0.3) is 10.0 Å². The smallest absolute Gasteiger partial charge is 0.261 e. The van der Waals surface area contributed by atoms with Crippen molar-refractivity contribution in [3.8, 4) is 0 Å². The summed E-state index contributed by atoms with van der Waals surface area (Å²) < 4.78 is 27.2. The maximum absolute atomic E-state index is 12.3. The fourth-order valence-corrected chi connectivity index (χ4v) is 3.52. The molecule has 0 bridgehead atoms. The molecule has 2 aromatic rings. The van der Waals surface area contributed by atoms with Gasteiger partial charge in [0.1, 0.15) is 0 Å². The lowest BCUT2D eigenvalue weighted by atomic mass is 10.2. The summed E-state index contributed by atoms with van der Waals surface area (Å²) >= 11 is 5.85. The molecule has 0 fully saturated rings. The van der Waals surface area contributed by atoms with E-state index in [9.17, 15) is 8.42 Å². The van der Waals surface area contributed by atoms with Gasteiger partial charge in [0, 0.05) is 30.0 Å². The first kappa shape index (κ1) is 17.6. The van der Waals surface area contributed by atoms with Crippen molar-refractivity contribution in [3.05, 3.63) is 53.6 Å². The Balaban J connectivity index is 2.11. The largest absolute Gasteiger partial charge is 0.375 e. The fraction of sp³-hybridized carbons (Fsp3) is 0.294. The molecule has 0 aromatic heterocycles. The second kappa shape index (κ2) is 7.70. The first-order valence-electron chi connectivity index (χ1n) is 7.52. The van der Waals surface area contributed by atoms with E-state index < -0.39 is 10.0 Å². The number of sulfonamides is 1. The molecule has 0 aliphatic carbocycles. The molecule has 23 heavy (non-hydrogen) atoms. The number of unbranched alkanes of at least 4 members (excludes halogenated alkanes) is 1. The Hall–Kier alpha value is -1.72. The highest BCUT2D eigenvalue weighted by atomic mass is 35.5. The van der Waals surface area contributed by atoms with Crippen LogP contribution in [-0.4, -0.2) is 22.0 Å². The summed E-state index contributed by atoms with van der Waals surface area (Å²) in [5.41, 5.74) is 1.58. The predicted molar refractivity (Wildman–Crippen MR) is 96.9 cm³/mol. The summed E-state index contributed by atoms with van der Waals surface area (Å²) in [7, 11) is -1.60. The van der Waals surface area contributed by atoms with Crippen molar-refractivity contribution >= 4 is 33.0 Å². The van der Waals surface area contributed by atoms with Gasteiger partial charge in [-0.3, -0.25) is 4.72 Å². The van der Waals surface area contributed by atoms with Crippen LogP contribution in [0.15, 0.2) is 53.4 Å². The highest BCUT2D eigenvalue weighted by molar-refractivity contribution is 7.92. The number of anilines is 2. The lowest BCUT2D eigenvalue weighted by molar-refractivity contribution is 0.601. The Morgan fingerprint density at radius 2 is 1.83 bits per heavy atom. The average Bonchev–Trinajstić information content (AvgIpc) is 2.53. The van der Waals surface area contributed by atoms with Crippen molar-refractivity contribution in [2.75, 3.05) is 23.2 Å². The average molecular weight is 353 g/mol. The number of nitrogens with one attached hydrogen (secondary N) is 1. The molecule has 2 rings (SSSR count). The van der Waals surface area contributed by atoms with E-state index >= 15 is 0 Å². The molecule has 6 heteroatoms. The van der Waals surface area contributed by atoms with Gasteiger partial charge in [0.2, 0.25) is 0 Å². The standard InChI is InChI=1S/C17H21ClN2O2S/c1-3-4-12-20(2)16-10-8-15(9-11-16)19-23(21,22)17-7-5-6-14(18)13-17/h5-11,13,19H,3-4,12H2,1-2H3. The van der Waals surface area contributed by atoms with Gasteiger partial charge in [-0.05, 0) is 48.9 Å². The molecule has 2 aromatic carbocycles. The zero-order valence-electron chi connectivity index (χ0n) is 13.3. The maximum atomic E-state index is 12.3. The molecule has 0 aliphatic heterocycles. The van der Waals surface area contributed by atoms with E-state index in [2.05, 4.69) is 16.5 Å². The van der Waals surface area contributed by atoms with Crippen LogP contribution >= 0.6 is 11.6 Å². The molecule has 0 unspecified atom stereocenters. The first-order valence-corrected chi connectivity index (χ1v) is 9.38. The van der Waals surface area contributed by atoms with Crippen molar-refractivity contribution in [2.24, 2.45) is 0 Å². The van der Waals surface area contributed by atoms with Gasteiger partial charge >= 0.3 is 0 Å². The summed E-state index contributed by atoms with van der Waals surface area (Å²) in [6, 6.07) is 13.5. The molecular formula is C17H21ClN2O2S. The van der Waals surface area contributed by atoms with Gasteiger partial charge in [-0.2, -0.15) is 0 Å². The SMILES string of the molecule is CCCCN(C)c1ccc(NS(=O)(=O)c2cccc(Cl)c2)cc1. The number of nitrogens with zero attached hydrogens (tertiary/aromatic N) is 1. The van der Waals surface area contributed by atoms with Crippen LogP contribution in [-0.2, 0) is 10.0 Å². The van der Waals surface area contributed by atoms with Crippen molar-refractivity contribution in [2.45, 2.75) is 24.7 Å². The van der Waals surface area contributed by atoms with Crippen LogP contribution in [0.1, 0.15) is 19.8 Å². The first-order chi connectivity index (χ1) is 10.9. The molecule has 0 spiro atoms. The van der Waals surface area contributed by atoms with E-state index in [-0.39, 0.29) is 4.90 Å². The van der Waals surface area contributed by atoms with Crippen molar-refractivity contribution in [1.82, 2.24) is 0 Å². The van der Waals surface area contributed by atoms with Crippen LogP contribution in [0, 0.1) is 0 Å². The van der Waals surface area contributed by atoms with E-state index in [1.54, 1.807) is 24.3 Å². The van der Waals surface area contributed by atoms with Crippen molar-refractivity contribution in [1.29, 1.82) is 0 Å². The zero-order valence-corrected chi connectivity index (χ0v) is 14.9. The molecule has 0 aliphatic rings. The minimum absolute atomic E-state index is 0.147. The highest BCUT2D eigenvalue weighted by Crippen LogP contribution is 2.21. The molecule has 0 saturated carbocycles. The maximum Gasteiger partial charge on any atom is 0.261 e. The third kappa shape index (κ3) is 4.88. The zero-order chi connectivity index (χ0) is 16.9. The molecule has 0 heterocycles. The van der Waals surface area contributed by atoms with Gasteiger partial charge in [-0.1, -0.05) is 31.0 Å². The van der Waals surface area contributed by atoms with Crippen LogP contribution in [0.2, 0.25) is 5.02 Å². The Labute approximate surface area is 143 Å². The van der Waals surface area contributed by atoms with Crippen LogP contribution in [0.25, 0.3) is 0 Å². The normalized spacial score (nSPS) is 11.3. The van der Waals surface area contributed by atoms with Gasteiger partial charge in [0.05, 0.1) is 4.90 Å². The summed E-state index contributed by atoms with van der Waals surface area (Å²) in [4.78, 5) is 2.30. The molecule has 0 saturated heterocycles. The Morgan fingerprint density at radius 3 is 2.43 bits per heavy atom. The van der Waals surface area contributed by atoms with Gasteiger partial charge in [-0.25, -0.2) is 8.42 Å². The van der Waals surface area contributed by atoms with Crippen LogP contribution in [0.5, 0.6) is 0 Å². The number of benzene rings is 2. The summed E-state index contributed by atoms with van der Waals surface area (Å²) in [6.07, 6.45) is 2.27. The molecule has 1 N–H and O–H groups in total. The monoisotopic (exact) mass is 352 g/mol. The molecule has 0 amide bonds. The second-order valence-electron chi connectivity index (χ2n) is 5.38.